The van der Waals surface area contributed by atoms with E-state index >= 15 is 0 Å². The molecule has 0 saturated carbocycles. The Hall–Kier alpha value is -2.02. The van der Waals surface area contributed by atoms with Crippen LogP contribution in [-0.4, -0.2) is 70.0 Å². The van der Waals surface area contributed by atoms with Crippen LogP contribution < -0.4 is 0 Å². The molecule has 2 heterocycles. The molecule has 0 aliphatic carbocycles. The summed E-state index contributed by atoms with van der Waals surface area (Å²) in [5.41, 5.74) is 1.10. The van der Waals surface area contributed by atoms with Gasteiger partial charge in [0.15, 0.2) is 0 Å². The molecule has 1 aromatic heterocycles. The highest BCUT2D eigenvalue weighted by atomic mass is 16.5. The van der Waals surface area contributed by atoms with Crippen molar-refractivity contribution in [3.63, 3.8) is 0 Å². The van der Waals surface area contributed by atoms with Gasteiger partial charge in [0.25, 0.3) is 5.91 Å². The Morgan fingerprint density at radius 1 is 1.19 bits per heavy atom. The predicted octanol–water partition coefficient (Wildman–Crippen LogP) is 2.05. The Bertz CT molecular complexity index is 595. The van der Waals surface area contributed by atoms with Gasteiger partial charge in [0.1, 0.15) is 5.69 Å². The summed E-state index contributed by atoms with van der Waals surface area (Å²) < 4.78 is 5.68. The number of nitrogens with zero attached hydrogens (tertiary/aromatic N) is 4. The monoisotopic (exact) mass is 362 g/mol. The SMILES string of the molecule is CCCCN(CCC(=O)N1CC(C)OC(C)C1)C(=O)c1cnc(C)cn1. The van der Waals surface area contributed by atoms with Crippen LogP contribution >= 0.6 is 0 Å². The number of morpholine rings is 1. The highest BCUT2D eigenvalue weighted by Crippen LogP contribution is 2.13. The lowest BCUT2D eigenvalue weighted by Crippen LogP contribution is -2.49. The number of unbranched alkanes of at least 4 members (excludes halogenated alkanes) is 1. The van der Waals surface area contributed by atoms with Gasteiger partial charge in [0, 0.05) is 38.8 Å². The number of hydrogen-bond acceptors (Lipinski definition) is 5. The van der Waals surface area contributed by atoms with E-state index in [1.807, 2.05) is 25.7 Å². The molecule has 0 spiro atoms. The first-order chi connectivity index (χ1) is 12.4. The quantitative estimate of drug-likeness (QED) is 0.742. The molecule has 2 rings (SSSR count). The Morgan fingerprint density at radius 2 is 1.88 bits per heavy atom. The van der Waals surface area contributed by atoms with E-state index in [1.54, 1.807) is 11.1 Å². The fraction of sp³-hybridized carbons (Fsp3) is 0.684. The van der Waals surface area contributed by atoms with Gasteiger partial charge in [-0.05, 0) is 27.2 Å². The van der Waals surface area contributed by atoms with E-state index in [9.17, 15) is 9.59 Å². The van der Waals surface area contributed by atoms with Crippen molar-refractivity contribution in [1.29, 1.82) is 0 Å². The molecule has 26 heavy (non-hydrogen) atoms. The first kappa shape index (κ1) is 20.3. The van der Waals surface area contributed by atoms with E-state index < -0.39 is 0 Å². The van der Waals surface area contributed by atoms with E-state index in [-0.39, 0.29) is 24.0 Å². The van der Waals surface area contributed by atoms with Crippen LogP contribution in [-0.2, 0) is 9.53 Å². The topological polar surface area (TPSA) is 75.6 Å². The highest BCUT2D eigenvalue weighted by Gasteiger charge is 2.26. The number of aryl methyl sites for hydroxylation is 1. The molecular weight excluding hydrogens is 332 g/mol. The highest BCUT2D eigenvalue weighted by molar-refractivity contribution is 5.92. The fourth-order valence-corrected chi connectivity index (χ4v) is 3.10. The minimum atomic E-state index is -0.164. The molecule has 1 aromatic rings. The lowest BCUT2D eigenvalue weighted by Gasteiger charge is -2.35. The zero-order chi connectivity index (χ0) is 19.1. The minimum Gasteiger partial charge on any atom is -0.372 e. The van der Waals surface area contributed by atoms with Crippen molar-refractivity contribution in [2.75, 3.05) is 26.2 Å². The van der Waals surface area contributed by atoms with Gasteiger partial charge in [-0.2, -0.15) is 0 Å². The molecule has 0 aromatic carbocycles. The van der Waals surface area contributed by atoms with Crippen molar-refractivity contribution < 1.29 is 14.3 Å². The van der Waals surface area contributed by atoms with E-state index in [1.165, 1.54) is 6.20 Å². The maximum absolute atomic E-state index is 12.7. The normalized spacial score (nSPS) is 20.1. The third kappa shape index (κ3) is 5.76. The summed E-state index contributed by atoms with van der Waals surface area (Å²) in [6.07, 6.45) is 5.37. The molecule has 2 atom stereocenters. The van der Waals surface area contributed by atoms with Crippen LogP contribution in [0.25, 0.3) is 0 Å². The van der Waals surface area contributed by atoms with Crippen LogP contribution in [0.3, 0.4) is 0 Å². The van der Waals surface area contributed by atoms with Crippen LogP contribution in [0.15, 0.2) is 12.4 Å². The minimum absolute atomic E-state index is 0.0448. The Kier molecular flexibility index (Phi) is 7.50. The Balaban J connectivity index is 1.97. The summed E-state index contributed by atoms with van der Waals surface area (Å²) in [6, 6.07) is 0. The molecule has 7 nitrogen and oxygen atoms in total. The lowest BCUT2D eigenvalue weighted by atomic mass is 10.2. The summed E-state index contributed by atoms with van der Waals surface area (Å²) in [7, 11) is 0. The fourth-order valence-electron chi connectivity index (χ4n) is 3.10. The number of rotatable bonds is 7. The number of aromatic nitrogens is 2. The second kappa shape index (κ2) is 9.62. The second-order valence-electron chi connectivity index (χ2n) is 6.99. The van der Waals surface area contributed by atoms with E-state index in [4.69, 9.17) is 4.74 Å². The van der Waals surface area contributed by atoms with Crippen molar-refractivity contribution in [2.45, 2.75) is 59.2 Å². The predicted molar refractivity (Wildman–Crippen MR) is 98.8 cm³/mol. The van der Waals surface area contributed by atoms with Crippen LogP contribution in [0.2, 0.25) is 0 Å². The lowest BCUT2D eigenvalue weighted by molar-refractivity contribution is -0.143. The van der Waals surface area contributed by atoms with Gasteiger partial charge in [-0.25, -0.2) is 4.98 Å². The van der Waals surface area contributed by atoms with Crippen molar-refractivity contribution in [3.05, 3.63) is 23.8 Å². The Morgan fingerprint density at radius 3 is 2.46 bits per heavy atom. The number of carbonyl (C=O) groups is 2. The van der Waals surface area contributed by atoms with Gasteiger partial charge < -0.3 is 14.5 Å². The van der Waals surface area contributed by atoms with E-state index in [0.717, 1.165) is 18.5 Å². The molecule has 0 radical (unpaired) electrons. The van der Waals surface area contributed by atoms with Crippen LogP contribution in [0, 0.1) is 6.92 Å². The maximum atomic E-state index is 12.7. The summed E-state index contributed by atoms with van der Waals surface area (Å²) in [5.74, 6) is -0.0984. The largest absolute Gasteiger partial charge is 0.372 e. The molecule has 1 aliphatic heterocycles. The van der Waals surface area contributed by atoms with Gasteiger partial charge in [-0.15, -0.1) is 0 Å². The summed E-state index contributed by atoms with van der Waals surface area (Å²) in [4.78, 5) is 37.2. The number of ether oxygens (including phenoxy) is 1. The van der Waals surface area contributed by atoms with Crippen LogP contribution in [0.1, 0.15) is 56.2 Å². The van der Waals surface area contributed by atoms with Gasteiger partial charge in [-0.3, -0.25) is 14.6 Å². The molecule has 1 fully saturated rings. The molecular formula is C19H30N4O3. The standard InChI is InChI=1S/C19H30N4O3/c1-5-6-8-22(19(25)17-11-20-14(2)10-21-17)9-7-18(24)23-12-15(3)26-16(4)13-23/h10-11,15-16H,5-9,12-13H2,1-4H3. The average molecular weight is 362 g/mol. The smallest absolute Gasteiger partial charge is 0.274 e. The van der Waals surface area contributed by atoms with Crippen molar-refractivity contribution >= 4 is 11.8 Å². The van der Waals surface area contributed by atoms with E-state index in [2.05, 4.69) is 16.9 Å². The van der Waals surface area contributed by atoms with Gasteiger partial charge in [0.05, 0.1) is 24.1 Å². The number of hydrogen-bond donors (Lipinski definition) is 0. The first-order valence-corrected chi connectivity index (χ1v) is 9.41. The number of carbonyl (C=O) groups excluding carboxylic acids is 2. The molecule has 1 saturated heterocycles. The van der Waals surface area contributed by atoms with Crippen molar-refractivity contribution in [1.82, 2.24) is 19.8 Å². The molecule has 7 heteroatoms. The third-order valence-corrected chi connectivity index (χ3v) is 4.44. The van der Waals surface area contributed by atoms with Gasteiger partial charge >= 0.3 is 0 Å². The van der Waals surface area contributed by atoms with Gasteiger partial charge in [-0.1, -0.05) is 13.3 Å². The van der Waals surface area contributed by atoms with Crippen LogP contribution in [0.5, 0.6) is 0 Å². The zero-order valence-corrected chi connectivity index (χ0v) is 16.3. The molecule has 2 unspecified atom stereocenters. The summed E-state index contributed by atoms with van der Waals surface area (Å²) in [6.45, 7) is 10.1. The van der Waals surface area contributed by atoms with E-state index in [0.29, 0.717) is 38.3 Å². The summed E-state index contributed by atoms with van der Waals surface area (Å²) >= 11 is 0. The number of amides is 2. The van der Waals surface area contributed by atoms with Crippen molar-refractivity contribution in [3.8, 4) is 0 Å². The molecule has 0 bridgehead atoms. The first-order valence-electron chi connectivity index (χ1n) is 9.41. The zero-order valence-electron chi connectivity index (χ0n) is 16.3. The Labute approximate surface area is 155 Å². The third-order valence-electron chi connectivity index (χ3n) is 4.44. The molecule has 144 valence electrons. The average Bonchev–Trinajstić information content (AvgIpc) is 2.61. The summed E-state index contributed by atoms with van der Waals surface area (Å²) in [5, 5.41) is 0. The second-order valence-corrected chi connectivity index (χ2v) is 6.99. The molecule has 1 aliphatic rings. The van der Waals surface area contributed by atoms with Crippen molar-refractivity contribution in [2.24, 2.45) is 0 Å². The maximum Gasteiger partial charge on any atom is 0.274 e. The van der Waals surface area contributed by atoms with Gasteiger partial charge in [0.2, 0.25) is 5.91 Å². The molecule has 2 amide bonds. The van der Waals surface area contributed by atoms with Crippen LogP contribution in [0.4, 0.5) is 0 Å². The molecule has 0 N–H and O–H groups in total.